The van der Waals surface area contributed by atoms with E-state index in [-0.39, 0.29) is 24.5 Å². The van der Waals surface area contributed by atoms with Crippen molar-refractivity contribution in [3.63, 3.8) is 0 Å². The number of benzene rings is 2. The topological polar surface area (TPSA) is 141 Å². The monoisotopic (exact) mass is 735 g/mol. The summed E-state index contributed by atoms with van der Waals surface area (Å²) in [6.07, 6.45) is 3.54. The molecule has 3 atom stereocenters. The highest BCUT2D eigenvalue weighted by molar-refractivity contribution is 5.97. The van der Waals surface area contributed by atoms with Gasteiger partial charge in [0.2, 0.25) is 11.8 Å². The Kier molecular flexibility index (Phi) is 14.3. The number of ether oxygens (including phenoxy) is 4. The largest absolute Gasteiger partial charge is 0.489 e. The molecule has 53 heavy (non-hydrogen) atoms. The van der Waals surface area contributed by atoms with Gasteiger partial charge in [0.1, 0.15) is 23.6 Å². The first-order chi connectivity index (χ1) is 25.0. The fourth-order valence-electron chi connectivity index (χ4n) is 6.66. The maximum Gasteiger partial charge on any atom is 0.410 e. The Morgan fingerprint density at radius 1 is 0.811 bits per heavy atom. The Labute approximate surface area is 313 Å². The molecule has 2 aliphatic rings. The molecule has 0 aromatic heterocycles. The summed E-state index contributed by atoms with van der Waals surface area (Å²) in [5.41, 5.74) is -0.0257. The van der Waals surface area contributed by atoms with Crippen LogP contribution in [0.4, 0.5) is 4.79 Å². The second-order valence-electron chi connectivity index (χ2n) is 16.0. The molecule has 2 heterocycles. The molecule has 2 saturated heterocycles. The number of amides is 3. The van der Waals surface area contributed by atoms with Gasteiger partial charge in [0.25, 0.3) is 0 Å². The normalized spacial score (nSPS) is 18.0. The van der Waals surface area contributed by atoms with Crippen LogP contribution in [0, 0.1) is 17.8 Å². The minimum atomic E-state index is -1.50. The maximum atomic E-state index is 14.0. The minimum Gasteiger partial charge on any atom is -0.489 e. The van der Waals surface area contributed by atoms with Crippen LogP contribution < -0.4 is 10.1 Å². The van der Waals surface area contributed by atoms with Gasteiger partial charge in [-0.25, -0.2) is 4.79 Å². The molecule has 0 spiro atoms. The molecule has 0 saturated carbocycles. The molecule has 2 fully saturated rings. The van der Waals surface area contributed by atoms with E-state index in [1.165, 1.54) is 7.11 Å². The van der Waals surface area contributed by atoms with E-state index in [1.807, 2.05) is 51.1 Å². The Morgan fingerprint density at radius 2 is 1.49 bits per heavy atom. The number of carbonyl (C=O) groups is 5. The number of hydrogen-bond acceptors (Lipinski definition) is 9. The Balaban J connectivity index is 1.44. The summed E-state index contributed by atoms with van der Waals surface area (Å²) in [5, 5.41) is 2.98. The van der Waals surface area contributed by atoms with Crippen molar-refractivity contribution in [1.29, 1.82) is 0 Å². The van der Waals surface area contributed by atoms with E-state index < -0.39 is 41.0 Å². The number of hydrogen-bond donors (Lipinski definition) is 1. The number of rotatable bonds is 12. The molecule has 0 bridgehead atoms. The zero-order valence-electron chi connectivity index (χ0n) is 32.4. The van der Waals surface area contributed by atoms with Crippen LogP contribution in [0.5, 0.6) is 5.75 Å². The van der Waals surface area contributed by atoms with Crippen molar-refractivity contribution in [2.75, 3.05) is 33.3 Å². The standard InChI is InChI=1S/C41H57N3O9/c1-40(2,3)52-38(48)34(37(47)50-7)35(30-15-11-17-32(25-30)51-27-29-13-9-8-10-14-29)42-36(46)31-16-12-22-44(26-31)33(45)19-18-28-20-23-43(24-21-28)39(49)53-41(4,5)6/h8-11,13-15,17,25,28,31,34-35H,12,16,18-24,26-27H2,1-7H3,(H,42,46)/t31-,34?,35?/m1/s1. The molecule has 12 nitrogen and oxygen atoms in total. The van der Waals surface area contributed by atoms with Crippen molar-refractivity contribution < 1.29 is 42.9 Å². The van der Waals surface area contributed by atoms with Crippen LogP contribution in [-0.4, -0.2) is 84.1 Å². The number of methoxy groups -OCH3 is 1. The van der Waals surface area contributed by atoms with Gasteiger partial charge in [-0.2, -0.15) is 0 Å². The fourth-order valence-corrected chi connectivity index (χ4v) is 6.66. The van der Waals surface area contributed by atoms with Crippen LogP contribution in [0.15, 0.2) is 54.6 Å². The molecule has 2 aromatic carbocycles. The predicted molar refractivity (Wildman–Crippen MR) is 199 cm³/mol. The number of likely N-dealkylation sites (tertiary alicyclic amines) is 2. The van der Waals surface area contributed by atoms with Crippen LogP contribution >= 0.6 is 0 Å². The summed E-state index contributed by atoms with van der Waals surface area (Å²) in [5.74, 6) is -3.33. The number of piperidine rings is 2. The molecule has 3 amide bonds. The third-order valence-electron chi connectivity index (χ3n) is 9.39. The van der Waals surface area contributed by atoms with Gasteiger partial charge in [-0.15, -0.1) is 0 Å². The quantitative estimate of drug-likeness (QED) is 0.153. The highest BCUT2D eigenvalue weighted by Gasteiger charge is 2.42. The second-order valence-corrected chi connectivity index (χ2v) is 16.0. The van der Waals surface area contributed by atoms with E-state index in [2.05, 4.69) is 5.32 Å². The molecule has 2 unspecified atom stereocenters. The average molecular weight is 736 g/mol. The fraction of sp³-hybridized carbons (Fsp3) is 0.585. The van der Waals surface area contributed by atoms with Gasteiger partial charge in [0, 0.05) is 32.6 Å². The summed E-state index contributed by atoms with van der Waals surface area (Å²) >= 11 is 0. The number of nitrogens with zero attached hydrogens (tertiary/aromatic N) is 2. The summed E-state index contributed by atoms with van der Waals surface area (Å²) in [4.78, 5) is 70.2. The van der Waals surface area contributed by atoms with Gasteiger partial charge in [0.05, 0.1) is 19.1 Å². The SMILES string of the molecule is COC(=O)C(C(=O)OC(C)(C)C)C(NC(=O)[C@@H]1CCCN(C(=O)CCC2CCN(C(=O)OC(C)(C)C)CC2)C1)c1cccc(OCc2ccccc2)c1. The molecule has 12 heteroatoms. The van der Waals surface area contributed by atoms with Crippen molar-refractivity contribution in [1.82, 2.24) is 15.1 Å². The first kappa shape index (κ1) is 41.2. The van der Waals surface area contributed by atoms with Crippen molar-refractivity contribution in [3.8, 4) is 5.75 Å². The van der Waals surface area contributed by atoms with Crippen molar-refractivity contribution in [3.05, 3.63) is 65.7 Å². The molecule has 2 aliphatic heterocycles. The van der Waals surface area contributed by atoms with Gasteiger partial charge in [0.15, 0.2) is 5.92 Å². The van der Waals surface area contributed by atoms with E-state index in [0.717, 1.165) is 18.4 Å². The van der Waals surface area contributed by atoms with Crippen LogP contribution in [0.3, 0.4) is 0 Å². The van der Waals surface area contributed by atoms with Gasteiger partial charge in [-0.1, -0.05) is 42.5 Å². The average Bonchev–Trinajstić information content (AvgIpc) is 3.12. The second kappa shape index (κ2) is 18.4. The van der Waals surface area contributed by atoms with Crippen LogP contribution in [0.2, 0.25) is 0 Å². The third-order valence-corrected chi connectivity index (χ3v) is 9.39. The maximum absolute atomic E-state index is 14.0. The molecular weight excluding hydrogens is 678 g/mol. The van der Waals surface area contributed by atoms with Crippen LogP contribution in [-0.2, 0) is 40.0 Å². The zero-order valence-corrected chi connectivity index (χ0v) is 32.4. The summed E-state index contributed by atoms with van der Waals surface area (Å²) in [7, 11) is 1.19. The zero-order chi connectivity index (χ0) is 38.8. The van der Waals surface area contributed by atoms with Crippen molar-refractivity contribution in [2.45, 2.75) is 104 Å². The summed E-state index contributed by atoms with van der Waals surface area (Å²) < 4.78 is 22.3. The highest BCUT2D eigenvalue weighted by atomic mass is 16.6. The first-order valence-electron chi connectivity index (χ1n) is 18.7. The minimum absolute atomic E-state index is 0.0157. The Bertz CT molecular complexity index is 1560. The number of nitrogens with one attached hydrogen (secondary N) is 1. The lowest BCUT2D eigenvalue weighted by atomic mass is 9.90. The molecule has 0 aliphatic carbocycles. The third kappa shape index (κ3) is 12.8. The molecule has 4 rings (SSSR count). The van der Waals surface area contributed by atoms with Gasteiger partial charge in [-0.3, -0.25) is 19.2 Å². The highest BCUT2D eigenvalue weighted by Crippen LogP contribution is 2.31. The lowest BCUT2D eigenvalue weighted by molar-refractivity contribution is -0.169. The summed E-state index contributed by atoms with van der Waals surface area (Å²) in [6.45, 7) is 12.9. The van der Waals surface area contributed by atoms with E-state index in [0.29, 0.717) is 69.2 Å². The Morgan fingerprint density at radius 3 is 2.13 bits per heavy atom. The van der Waals surface area contributed by atoms with E-state index in [1.54, 1.807) is 54.8 Å². The molecule has 0 radical (unpaired) electrons. The van der Waals surface area contributed by atoms with Crippen molar-refractivity contribution >= 4 is 29.8 Å². The molecule has 290 valence electrons. The molecule has 1 N–H and O–H groups in total. The van der Waals surface area contributed by atoms with Crippen molar-refractivity contribution in [2.24, 2.45) is 17.8 Å². The van der Waals surface area contributed by atoms with Crippen LogP contribution in [0.25, 0.3) is 0 Å². The first-order valence-corrected chi connectivity index (χ1v) is 18.7. The smallest absolute Gasteiger partial charge is 0.410 e. The van der Waals surface area contributed by atoms with E-state index in [9.17, 15) is 24.0 Å². The van der Waals surface area contributed by atoms with Crippen LogP contribution in [0.1, 0.15) is 97.2 Å². The van der Waals surface area contributed by atoms with Gasteiger partial charge in [-0.05, 0) is 103 Å². The molecular formula is C41H57N3O9. The molecule has 2 aromatic rings. The Hall–Kier alpha value is -4.61. The van der Waals surface area contributed by atoms with Gasteiger partial charge < -0.3 is 34.1 Å². The van der Waals surface area contributed by atoms with E-state index >= 15 is 0 Å². The van der Waals surface area contributed by atoms with E-state index in [4.69, 9.17) is 18.9 Å². The lowest BCUT2D eigenvalue weighted by Gasteiger charge is -2.35. The predicted octanol–water partition coefficient (Wildman–Crippen LogP) is 6.22. The lowest BCUT2D eigenvalue weighted by Crippen LogP contribution is -2.49. The van der Waals surface area contributed by atoms with Gasteiger partial charge >= 0.3 is 18.0 Å². The summed E-state index contributed by atoms with van der Waals surface area (Å²) in [6, 6.07) is 15.4. The number of carbonyl (C=O) groups excluding carboxylic acids is 5. The number of esters is 2.